The van der Waals surface area contributed by atoms with Crippen LogP contribution >= 0.6 is 15.9 Å². The number of nitrogens with one attached hydrogen (secondary N) is 1. The summed E-state index contributed by atoms with van der Waals surface area (Å²) in [6.45, 7) is 0. The maximum Gasteiger partial charge on any atom is 0.336 e. The van der Waals surface area contributed by atoms with Crippen LogP contribution in [0, 0.1) is 0 Å². The lowest BCUT2D eigenvalue weighted by Gasteiger charge is -2.05. The van der Waals surface area contributed by atoms with E-state index in [0.717, 1.165) is 4.47 Å². The summed E-state index contributed by atoms with van der Waals surface area (Å²) < 4.78 is 0.776. The highest BCUT2D eigenvalue weighted by atomic mass is 79.9. The Bertz CT molecular complexity index is 883. The molecule has 0 atom stereocenters. The first-order valence-corrected chi connectivity index (χ1v) is 6.35. The Kier molecular flexibility index (Phi) is 2.64. The second-order valence-electron chi connectivity index (χ2n) is 4.18. The number of benzene rings is 2. The molecule has 2 aromatic carbocycles. The van der Waals surface area contributed by atoms with E-state index in [0.29, 0.717) is 16.4 Å². The fourth-order valence-electron chi connectivity index (χ4n) is 2.17. The maximum absolute atomic E-state index is 12.5. The Labute approximate surface area is 115 Å². The molecule has 0 bridgehead atoms. The van der Waals surface area contributed by atoms with Gasteiger partial charge < -0.3 is 10.1 Å². The fourth-order valence-corrected chi connectivity index (χ4v) is 2.53. The van der Waals surface area contributed by atoms with Crippen molar-refractivity contribution in [2.45, 2.75) is 0 Å². The molecule has 0 aliphatic rings. The standard InChI is InChI=1S/C14H8BrNO3/c15-7-4-5-10-9(6-7)13(17)12-8(14(18)19)2-1-3-11(12)16-10/h1-6H,(H,16,17)(H,18,19). The zero-order chi connectivity index (χ0) is 13.6. The van der Waals surface area contributed by atoms with Gasteiger partial charge in [-0.15, -0.1) is 0 Å². The Balaban J connectivity index is 2.59. The van der Waals surface area contributed by atoms with Gasteiger partial charge in [0.15, 0.2) is 5.43 Å². The first kappa shape index (κ1) is 11.9. The van der Waals surface area contributed by atoms with Gasteiger partial charge in [-0.25, -0.2) is 4.79 Å². The summed E-state index contributed by atoms with van der Waals surface area (Å²) in [5.74, 6) is -1.11. The van der Waals surface area contributed by atoms with E-state index >= 15 is 0 Å². The van der Waals surface area contributed by atoms with Crippen LogP contribution in [0.3, 0.4) is 0 Å². The summed E-state index contributed by atoms with van der Waals surface area (Å²) >= 11 is 3.31. The molecule has 0 aliphatic heterocycles. The molecule has 2 N–H and O–H groups in total. The normalized spacial score (nSPS) is 11.0. The molecule has 0 spiro atoms. The van der Waals surface area contributed by atoms with Crippen LogP contribution in [0.15, 0.2) is 45.7 Å². The highest BCUT2D eigenvalue weighted by molar-refractivity contribution is 9.10. The van der Waals surface area contributed by atoms with E-state index in [9.17, 15) is 14.7 Å². The molecule has 94 valence electrons. The molecular weight excluding hydrogens is 310 g/mol. The summed E-state index contributed by atoms with van der Waals surface area (Å²) in [6, 6.07) is 10.0. The zero-order valence-corrected chi connectivity index (χ0v) is 11.2. The van der Waals surface area contributed by atoms with E-state index in [1.54, 1.807) is 24.3 Å². The quantitative estimate of drug-likeness (QED) is 0.677. The van der Waals surface area contributed by atoms with Gasteiger partial charge in [0.05, 0.1) is 16.5 Å². The van der Waals surface area contributed by atoms with Crippen molar-refractivity contribution in [3.8, 4) is 0 Å². The average Bonchev–Trinajstić information content (AvgIpc) is 2.39. The SMILES string of the molecule is O=C(O)c1cccc2[nH]c3ccc(Br)cc3c(=O)c12. The molecular formula is C14H8BrNO3. The van der Waals surface area contributed by atoms with Crippen molar-refractivity contribution in [1.82, 2.24) is 4.98 Å². The average molecular weight is 318 g/mol. The lowest BCUT2D eigenvalue weighted by atomic mass is 10.1. The molecule has 0 aliphatic carbocycles. The second kappa shape index (κ2) is 4.20. The highest BCUT2D eigenvalue weighted by Gasteiger charge is 2.13. The van der Waals surface area contributed by atoms with Crippen molar-refractivity contribution in [3.63, 3.8) is 0 Å². The van der Waals surface area contributed by atoms with E-state index in [-0.39, 0.29) is 16.4 Å². The van der Waals surface area contributed by atoms with Gasteiger partial charge in [0.25, 0.3) is 0 Å². The molecule has 3 rings (SSSR count). The number of carbonyl (C=O) groups is 1. The van der Waals surface area contributed by atoms with Gasteiger partial charge in [-0.1, -0.05) is 22.0 Å². The summed E-state index contributed by atoms with van der Waals surface area (Å²) in [7, 11) is 0. The van der Waals surface area contributed by atoms with Gasteiger partial charge in [0.2, 0.25) is 0 Å². The van der Waals surface area contributed by atoms with Crippen LogP contribution in [0.4, 0.5) is 0 Å². The molecule has 0 radical (unpaired) electrons. The number of hydrogen-bond acceptors (Lipinski definition) is 2. The number of aromatic amines is 1. The molecule has 0 fully saturated rings. The first-order valence-electron chi connectivity index (χ1n) is 5.55. The summed E-state index contributed by atoms with van der Waals surface area (Å²) in [6.07, 6.45) is 0. The Morgan fingerprint density at radius 2 is 1.95 bits per heavy atom. The number of rotatable bonds is 1. The molecule has 0 amide bonds. The van der Waals surface area contributed by atoms with E-state index in [4.69, 9.17) is 0 Å². The molecule has 1 aromatic heterocycles. The highest BCUT2D eigenvalue weighted by Crippen LogP contribution is 2.21. The first-order chi connectivity index (χ1) is 9.08. The molecule has 19 heavy (non-hydrogen) atoms. The predicted octanol–water partition coefficient (Wildman–Crippen LogP) is 3.14. The van der Waals surface area contributed by atoms with Crippen molar-refractivity contribution in [3.05, 3.63) is 56.7 Å². The van der Waals surface area contributed by atoms with Crippen molar-refractivity contribution in [2.75, 3.05) is 0 Å². The fraction of sp³-hybridized carbons (Fsp3) is 0. The number of carboxylic acid groups (broad SMARTS) is 1. The molecule has 0 saturated heterocycles. The molecule has 5 heteroatoms. The number of carboxylic acids is 1. The number of halogens is 1. The topological polar surface area (TPSA) is 70.2 Å². The van der Waals surface area contributed by atoms with Crippen molar-refractivity contribution >= 4 is 43.7 Å². The van der Waals surface area contributed by atoms with Crippen LogP contribution in [0.5, 0.6) is 0 Å². The number of aromatic carboxylic acids is 1. The lowest BCUT2D eigenvalue weighted by molar-refractivity contribution is 0.0699. The second-order valence-corrected chi connectivity index (χ2v) is 5.09. The zero-order valence-electron chi connectivity index (χ0n) is 9.61. The van der Waals surface area contributed by atoms with Crippen LogP contribution in [-0.2, 0) is 0 Å². The third kappa shape index (κ3) is 1.82. The van der Waals surface area contributed by atoms with Crippen LogP contribution in [0.25, 0.3) is 21.8 Å². The number of pyridine rings is 1. The monoisotopic (exact) mass is 317 g/mol. The van der Waals surface area contributed by atoms with Crippen LogP contribution < -0.4 is 5.43 Å². The van der Waals surface area contributed by atoms with E-state index in [1.165, 1.54) is 6.07 Å². The maximum atomic E-state index is 12.5. The Hall–Kier alpha value is -2.14. The summed E-state index contributed by atoms with van der Waals surface area (Å²) in [5, 5.41) is 9.85. The van der Waals surface area contributed by atoms with E-state index in [1.807, 2.05) is 6.07 Å². The molecule has 3 aromatic rings. The minimum atomic E-state index is -1.11. The van der Waals surface area contributed by atoms with Crippen molar-refractivity contribution in [1.29, 1.82) is 0 Å². The smallest absolute Gasteiger partial charge is 0.336 e. The molecule has 4 nitrogen and oxygen atoms in total. The van der Waals surface area contributed by atoms with Crippen LogP contribution in [0.1, 0.15) is 10.4 Å². The molecule has 0 saturated carbocycles. The van der Waals surface area contributed by atoms with Crippen molar-refractivity contribution in [2.24, 2.45) is 0 Å². The minimum absolute atomic E-state index is 0.0145. The lowest BCUT2D eigenvalue weighted by Crippen LogP contribution is -2.10. The van der Waals surface area contributed by atoms with Gasteiger partial charge in [-0.05, 0) is 30.3 Å². The van der Waals surface area contributed by atoms with Gasteiger partial charge >= 0.3 is 5.97 Å². The third-order valence-corrected chi connectivity index (χ3v) is 3.51. The Morgan fingerprint density at radius 1 is 1.16 bits per heavy atom. The van der Waals surface area contributed by atoms with Crippen molar-refractivity contribution < 1.29 is 9.90 Å². The van der Waals surface area contributed by atoms with E-state index < -0.39 is 5.97 Å². The number of aromatic nitrogens is 1. The predicted molar refractivity (Wildman–Crippen MR) is 76.7 cm³/mol. The van der Waals surface area contributed by atoms with Gasteiger partial charge in [-0.3, -0.25) is 4.79 Å². The van der Waals surface area contributed by atoms with Crippen LogP contribution in [-0.4, -0.2) is 16.1 Å². The van der Waals surface area contributed by atoms with E-state index in [2.05, 4.69) is 20.9 Å². The molecule has 0 unspecified atom stereocenters. The number of fused-ring (bicyclic) bond motifs is 2. The molecule has 1 heterocycles. The Morgan fingerprint density at radius 3 is 2.68 bits per heavy atom. The minimum Gasteiger partial charge on any atom is -0.478 e. The van der Waals surface area contributed by atoms with Crippen LogP contribution in [0.2, 0.25) is 0 Å². The number of hydrogen-bond donors (Lipinski definition) is 2. The van der Waals surface area contributed by atoms with Gasteiger partial charge in [0, 0.05) is 15.4 Å². The number of H-pyrrole nitrogens is 1. The van der Waals surface area contributed by atoms with Gasteiger partial charge in [0.1, 0.15) is 0 Å². The largest absolute Gasteiger partial charge is 0.478 e. The summed E-state index contributed by atoms with van der Waals surface area (Å²) in [5.41, 5.74) is 0.951. The summed E-state index contributed by atoms with van der Waals surface area (Å²) in [4.78, 5) is 26.8. The van der Waals surface area contributed by atoms with Gasteiger partial charge in [-0.2, -0.15) is 0 Å². The third-order valence-electron chi connectivity index (χ3n) is 3.02.